The first-order valence-electron chi connectivity index (χ1n) is 9.20. The van der Waals surface area contributed by atoms with Gasteiger partial charge in [-0.25, -0.2) is 0 Å². The van der Waals surface area contributed by atoms with Crippen LogP contribution in [0.1, 0.15) is 52.9 Å². The van der Waals surface area contributed by atoms with E-state index in [0.29, 0.717) is 17.3 Å². The molecule has 0 aromatic heterocycles. The lowest BCUT2D eigenvalue weighted by molar-refractivity contribution is -0.899. The Kier molecular flexibility index (Phi) is 4.37. The van der Waals surface area contributed by atoms with Gasteiger partial charge in [-0.2, -0.15) is 0 Å². The van der Waals surface area contributed by atoms with Crippen LogP contribution in [-0.2, 0) is 9.53 Å². The summed E-state index contributed by atoms with van der Waals surface area (Å²) in [6.07, 6.45) is 6.04. The normalized spacial score (nSPS) is 41.3. The Morgan fingerprint density at radius 1 is 1.36 bits per heavy atom. The van der Waals surface area contributed by atoms with E-state index in [1.165, 1.54) is 29.7 Å². The third-order valence-electron chi connectivity index (χ3n) is 6.83. The van der Waals surface area contributed by atoms with Crippen molar-refractivity contribution in [2.45, 2.75) is 59.0 Å². The second-order valence-corrected chi connectivity index (χ2v) is 8.07. The highest BCUT2D eigenvalue weighted by Gasteiger charge is 2.55. The maximum atomic E-state index is 12.4. The number of fused-ring (bicyclic) bond motifs is 2. The highest BCUT2D eigenvalue weighted by Crippen LogP contribution is 2.56. The first-order valence-corrected chi connectivity index (χ1v) is 9.20. The summed E-state index contributed by atoms with van der Waals surface area (Å²) in [5.41, 5.74) is 1.74. The van der Waals surface area contributed by atoms with Gasteiger partial charge in [-0.05, 0) is 57.3 Å². The van der Waals surface area contributed by atoms with E-state index in [4.69, 9.17) is 4.74 Å². The number of carbonyl (C=O) groups excluding carboxylic acids is 1. The van der Waals surface area contributed by atoms with Gasteiger partial charge in [0.1, 0.15) is 12.0 Å². The van der Waals surface area contributed by atoms with Gasteiger partial charge in [-0.3, -0.25) is 4.79 Å². The van der Waals surface area contributed by atoms with Crippen molar-refractivity contribution in [2.24, 2.45) is 23.2 Å². The van der Waals surface area contributed by atoms with Gasteiger partial charge in [0.05, 0.1) is 19.6 Å². The van der Waals surface area contributed by atoms with Gasteiger partial charge in [-0.1, -0.05) is 19.1 Å². The molecule has 1 N–H and O–H groups in total. The van der Waals surface area contributed by atoms with Crippen LogP contribution in [0, 0.1) is 23.2 Å². The minimum Gasteiger partial charge on any atom is -0.462 e. The Hall–Kier alpha value is -0.830. The Morgan fingerprint density at radius 3 is 2.77 bits per heavy atom. The van der Waals surface area contributed by atoms with Crippen molar-refractivity contribution < 1.29 is 14.4 Å². The third kappa shape index (κ3) is 2.62. The summed E-state index contributed by atoms with van der Waals surface area (Å²) in [5, 5.41) is 0. The van der Waals surface area contributed by atoms with Crippen LogP contribution in [0.3, 0.4) is 0 Å². The summed E-state index contributed by atoms with van der Waals surface area (Å²) >= 11 is 0. The molecule has 0 aromatic rings. The summed E-state index contributed by atoms with van der Waals surface area (Å²) < 4.78 is 5.84. The molecule has 0 amide bonds. The first kappa shape index (κ1) is 16.0. The number of esters is 1. The van der Waals surface area contributed by atoms with Crippen LogP contribution < -0.4 is 4.90 Å². The lowest BCUT2D eigenvalue weighted by atomic mass is 9.55. The standard InChI is InChI=1S/C19H31NO2/c1-5-20(6-2)12-15-14-10-16-13(3)8-7-9-19(16,4)11-17(14)22-18(15)21/h14-17H,3,5-12H2,1-2,4H3/p+1/t14-,15+,16-,17+,19+/m1/s1. The SMILES string of the molecule is C=C1CCC[C@@]2(C)C[C@@H]3OC(=O)[C@@H](C[NH+](CC)CC)[C@H]3C[C@H]12. The van der Waals surface area contributed by atoms with Crippen LogP contribution in [0.4, 0.5) is 0 Å². The van der Waals surface area contributed by atoms with E-state index in [-0.39, 0.29) is 18.0 Å². The van der Waals surface area contributed by atoms with Crippen molar-refractivity contribution in [1.82, 2.24) is 0 Å². The Morgan fingerprint density at radius 2 is 2.09 bits per heavy atom. The Balaban J connectivity index is 1.78. The number of nitrogens with one attached hydrogen (secondary N) is 1. The lowest BCUT2D eigenvalue weighted by Gasteiger charge is -2.50. The van der Waals surface area contributed by atoms with E-state index in [1.807, 2.05) is 0 Å². The molecule has 2 saturated carbocycles. The second-order valence-electron chi connectivity index (χ2n) is 8.07. The van der Waals surface area contributed by atoms with Crippen LogP contribution in [-0.4, -0.2) is 31.7 Å². The summed E-state index contributed by atoms with van der Waals surface area (Å²) in [7, 11) is 0. The minimum absolute atomic E-state index is 0.0715. The van der Waals surface area contributed by atoms with Gasteiger partial charge in [-0.15, -0.1) is 0 Å². The summed E-state index contributed by atoms with van der Waals surface area (Å²) in [5.74, 6) is 1.21. The molecule has 22 heavy (non-hydrogen) atoms. The van der Waals surface area contributed by atoms with Gasteiger partial charge in [0.15, 0.2) is 0 Å². The van der Waals surface area contributed by atoms with Crippen molar-refractivity contribution in [3.63, 3.8) is 0 Å². The number of rotatable bonds is 4. The first-order chi connectivity index (χ1) is 10.5. The van der Waals surface area contributed by atoms with Gasteiger partial charge >= 0.3 is 5.97 Å². The van der Waals surface area contributed by atoms with Crippen molar-refractivity contribution >= 4 is 5.97 Å². The number of carbonyl (C=O) groups is 1. The molecule has 3 aliphatic rings. The smallest absolute Gasteiger partial charge is 0.315 e. The Labute approximate surface area is 135 Å². The summed E-state index contributed by atoms with van der Waals surface area (Å²) in [6, 6.07) is 0. The van der Waals surface area contributed by atoms with Crippen molar-refractivity contribution in [2.75, 3.05) is 19.6 Å². The van der Waals surface area contributed by atoms with E-state index < -0.39 is 0 Å². The average Bonchev–Trinajstić information content (AvgIpc) is 2.77. The van der Waals surface area contributed by atoms with E-state index in [1.54, 1.807) is 0 Å². The molecule has 3 nitrogen and oxygen atoms in total. The fraction of sp³-hybridized carbons (Fsp3) is 0.842. The fourth-order valence-electron chi connectivity index (χ4n) is 5.34. The molecular formula is C19H32NO2+. The van der Waals surface area contributed by atoms with E-state index in [0.717, 1.165) is 32.5 Å². The van der Waals surface area contributed by atoms with Crippen molar-refractivity contribution in [3.05, 3.63) is 12.2 Å². The van der Waals surface area contributed by atoms with Crippen LogP contribution >= 0.6 is 0 Å². The zero-order valence-electron chi connectivity index (χ0n) is 14.5. The quantitative estimate of drug-likeness (QED) is 0.638. The third-order valence-corrected chi connectivity index (χ3v) is 6.83. The van der Waals surface area contributed by atoms with E-state index in [2.05, 4.69) is 27.4 Å². The number of ether oxygens (including phenoxy) is 1. The highest BCUT2D eigenvalue weighted by atomic mass is 16.6. The van der Waals surface area contributed by atoms with Crippen molar-refractivity contribution in [1.29, 1.82) is 0 Å². The molecule has 124 valence electrons. The van der Waals surface area contributed by atoms with Crippen LogP contribution in [0.2, 0.25) is 0 Å². The maximum Gasteiger partial charge on any atom is 0.315 e. The van der Waals surface area contributed by atoms with Crippen molar-refractivity contribution in [3.8, 4) is 0 Å². The number of hydrogen-bond donors (Lipinski definition) is 1. The van der Waals surface area contributed by atoms with Gasteiger partial charge in [0, 0.05) is 5.92 Å². The molecule has 0 unspecified atom stereocenters. The molecule has 3 heteroatoms. The van der Waals surface area contributed by atoms with Gasteiger partial charge in [0.25, 0.3) is 0 Å². The Bertz CT molecular complexity index is 456. The maximum absolute atomic E-state index is 12.4. The summed E-state index contributed by atoms with van der Waals surface area (Å²) in [6.45, 7) is 14.3. The van der Waals surface area contributed by atoms with Crippen LogP contribution in [0.15, 0.2) is 12.2 Å². The molecule has 0 bridgehead atoms. The van der Waals surface area contributed by atoms with Gasteiger partial charge in [0.2, 0.25) is 0 Å². The molecule has 3 rings (SSSR count). The molecule has 1 heterocycles. The average molecular weight is 306 g/mol. The van der Waals surface area contributed by atoms with Crippen LogP contribution in [0.25, 0.3) is 0 Å². The minimum atomic E-state index is 0.0715. The second kappa shape index (κ2) is 5.99. The predicted molar refractivity (Wildman–Crippen MR) is 87.6 cm³/mol. The molecule has 0 radical (unpaired) electrons. The highest BCUT2D eigenvalue weighted by molar-refractivity contribution is 5.75. The topological polar surface area (TPSA) is 30.7 Å². The molecular weight excluding hydrogens is 274 g/mol. The molecule has 1 saturated heterocycles. The monoisotopic (exact) mass is 306 g/mol. The molecule has 5 atom stereocenters. The summed E-state index contributed by atoms with van der Waals surface area (Å²) in [4.78, 5) is 14.0. The molecule has 2 aliphatic carbocycles. The fourth-order valence-corrected chi connectivity index (χ4v) is 5.34. The molecule has 1 aliphatic heterocycles. The lowest BCUT2D eigenvalue weighted by Crippen LogP contribution is -3.12. The molecule has 0 aromatic carbocycles. The number of quaternary nitrogens is 1. The molecule has 0 spiro atoms. The zero-order valence-corrected chi connectivity index (χ0v) is 14.5. The predicted octanol–water partition coefficient (Wildman–Crippen LogP) is 2.23. The number of hydrogen-bond acceptors (Lipinski definition) is 2. The largest absolute Gasteiger partial charge is 0.462 e. The zero-order chi connectivity index (χ0) is 15.9. The van der Waals surface area contributed by atoms with Crippen LogP contribution in [0.5, 0.6) is 0 Å². The molecule has 3 fully saturated rings. The van der Waals surface area contributed by atoms with Gasteiger partial charge < -0.3 is 9.64 Å². The van der Waals surface area contributed by atoms with E-state index in [9.17, 15) is 4.79 Å². The van der Waals surface area contributed by atoms with E-state index >= 15 is 0 Å². The number of allylic oxidation sites excluding steroid dienone is 1.